The summed E-state index contributed by atoms with van der Waals surface area (Å²) >= 11 is 0. The first-order valence-electron chi connectivity index (χ1n) is 7.09. The summed E-state index contributed by atoms with van der Waals surface area (Å²) in [5.74, 6) is -0.305. The molecule has 116 valence electrons. The zero-order chi connectivity index (χ0) is 15.2. The number of hydrogen-bond acceptors (Lipinski definition) is 3. The molecule has 0 bridgehead atoms. The van der Waals surface area contributed by atoms with Crippen molar-refractivity contribution in [2.75, 3.05) is 26.8 Å². The lowest BCUT2D eigenvalue weighted by atomic mass is 10.1. The summed E-state index contributed by atoms with van der Waals surface area (Å²) in [6.45, 7) is 0.944. The van der Waals surface area contributed by atoms with Gasteiger partial charge in [0.15, 0.2) is 0 Å². The summed E-state index contributed by atoms with van der Waals surface area (Å²) in [5.41, 5.74) is 0.805. The van der Waals surface area contributed by atoms with Crippen LogP contribution in [0.4, 0.5) is 9.18 Å². The number of hydrogen-bond donors (Lipinski definition) is 2. The highest BCUT2D eigenvalue weighted by molar-refractivity contribution is 5.74. The van der Waals surface area contributed by atoms with Gasteiger partial charge < -0.3 is 20.1 Å². The zero-order valence-corrected chi connectivity index (χ0v) is 12.1. The van der Waals surface area contributed by atoms with Crippen LogP contribution in [0, 0.1) is 5.82 Å². The molecule has 1 heterocycles. The number of ether oxygens (including phenoxy) is 1. The lowest BCUT2D eigenvalue weighted by Gasteiger charge is -2.25. The van der Waals surface area contributed by atoms with Crippen LogP contribution in [-0.2, 0) is 4.74 Å². The van der Waals surface area contributed by atoms with Gasteiger partial charge in [0.1, 0.15) is 5.82 Å². The predicted molar refractivity (Wildman–Crippen MR) is 76.4 cm³/mol. The summed E-state index contributed by atoms with van der Waals surface area (Å²) in [5, 5.41) is 12.0. The standard InChI is InChI=1S/C15H21FN2O3/c1-21-14(11-4-6-12(16)7-5-11)9-17-15(20)18-8-2-3-13(18)10-19/h4-7,13-14,19H,2-3,8-10H2,1H3,(H,17,20)/t13-,14?/m0/s1. The molecule has 21 heavy (non-hydrogen) atoms. The molecule has 2 N–H and O–H groups in total. The number of aliphatic hydroxyl groups is 1. The van der Waals surface area contributed by atoms with Crippen LogP contribution in [0.1, 0.15) is 24.5 Å². The van der Waals surface area contributed by atoms with Gasteiger partial charge in [0.2, 0.25) is 0 Å². The van der Waals surface area contributed by atoms with E-state index in [9.17, 15) is 14.3 Å². The lowest BCUT2D eigenvalue weighted by Crippen LogP contribution is -2.45. The minimum absolute atomic E-state index is 0.0148. The van der Waals surface area contributed by atoms with Crippen molar-refractivity contribution in [3.05, 3.63) is 35.6 Å². The van der Waals surface area contributed by atoms with Crippen LogP contribution in [0.2, 0.25) is 0 Å². The summed E-state index contributed by atoms with van der Waals surface area (Å²) in [7, 11) is 1.55. The normalized spacial score (nSPS) is 19.6. The number of nitrogens with zero attached hydrogens (tertiary/aromatic N) is 1. The van der Waals surface area contributed by atoms with Crippen LogP contribution in [0.5, 0.6) is 0 Å². The van der Waals surface area contributed by atoms with Crippen molar-refractivity contribution < 1.29 is 19.0 Å². The van der Waals surface area contributed by atoms with E-state index < -0.39 is 0 Å². The second-order valence-electron chi connectivity index (χ2n) is 5.13. The van der Waals surface area contributed by atoms with Gasteiger partial charge in [-0.25, -0.2) is 9.18 Å². The molecule has 1 fully saturated rings. The van der Waals surface area contributed by atoms with Crippen LogP contribution in [0.3, 0.4) is 0 Å². The van der Waals surface area contributed by atoms with E-state index in [0.717, 1.165) is 18.4 Å². The molecular weight excluding hydrogens is 275 g/mol. The number of nitrogens with one attached hydrogen (secondary N) is 1. The number of rotatable bonds is 5. The Balaban J connectivity index is 1.90. The van der Waals surface area contributed by atoms with Crippen molar-refractivity contribution in [1.29, 1.82) is 0 Å². The second-order valence-corrected chi connectivity index (χ2v) is 5.13. The quantitative estimate of drug-likeness (QED) is 0.869. The number of likely N-dealkylation sites (tertiary alicyclic amines) is 1. The zero-order valence-electron chi connectivity index (χ0n) is 12.1. The van der Waals surface area contributed by atoms with Gasteiger partial charge in [0, 0.05) is 20.2 Å². The van der Waals surface area contributed by atoms with Gasteiger partial charge in [-0.2, -0.15) is 0 Å². The summed E-state index contributed by atoms with van der Waals surface area (Å²) in [4.78, 5) is 13.8. The van der Waals surface area contributed by atoms with E-state index in [1.807, 2.05) is 0 Å². The summed E-state index contributed by atoms with van der Waals surface area (Å²) in [6, 6.07) is 5.72. The molecule has 1 aromatic rings. The molecule has 0 aromatic heterocycles. The van der Waals surface area contributed by atoms with E-state index in [1.54, 1.807) is 24.1 Å². The topological polar surface area (TPSA) is 61.8 Å². The molecule has 0 aliphatic carbocycles. The van der Waals surface area contributed by atoms with Crippen molar-refractivity contribution in [2.45, 2.75) is 25.0 Å². The highest BCUT2D eigenvalue weighted by Gasteiger charge is 2.28. The first-order chi connectivity index (χ1) is 10.2. The van der Waals surface area contributed by atoms with Crippen LogP contribution >= 0.6 is 0 Å². The number of urea groups is 1. The molecule has 2 amide bonds. The molecule has 5 nitrogen and oxygen atoms in total. The smallest absolute Gasteiger partial charge is 0.317 e. The number of carbonyl (C=O) groups is 1. The molecule has 2 atom stereocenters. The van der Waals surface area contributed by atoms with Crippen LogP contribution < -0.4 is 5.32 Å². The van der Waals surface area contributed by atoms with Gasteiger partial charge in [-0.3, -0.25) is 0 Å². The Kier molecular flexibility index (Phi) is 5.52. The fourth-order valence-corrected chi connectivity index (χ4v) is 2.59. The fraction of sp³-hybridized carbons (Fsp3) is 0.533. The highest BCUT2D eigenvalue weighted by Crippen LogP contribution is 2.18. The third kappa shape index (κ3) is 3.92. The second kappa shape index (κ2) is 7.38. The minimum atomic E-state index is -0.329. The third-order valence-electron chi connectivity index (χ3n) is 3.81. The predicted octanol–water partition coefficient (Wildman–Crippen LogP) is 1.68. The number of benzene rings is 1. The molecule has 1 saturated heterocycles. The summed E-state index contributed by atoms with van der Waals surface area (Å²) in [6.07, 6.45) is 1.41. The van der Waals surface area contributed by atoms with Crippen LogP contribution in [0.15, 0.2) is 24.3 Å². The molecule has 1 unspecified atom stereocenters. The molecular formula is C15H21FN2O3. The van der Waals surface area contributed by atoms with Gasteiger partial charge in [-0.1, -0.05) is 12.1 Å². The maximum atomic E-state index is 12.9. The molecule has 0 radical (unpaired) electrons. The van der Waals surface area contributed by atoms with Crippen molar-refractivity contribution >= 4 is 6.03 Å². The van der Waals surface area contributed by atoms with Gasteiger partial charge >= 0.3 is 6.03 Å². The SMILES string of the molecule is COC(CNC(=O)N1CCC[C@H]1CO)c1ccc(F)cc1. The molecule has 2 rings (SSSR count). The van der Waals surface area contributed by atoms with Gasteiger partial charge in [-0.05, 0) is 30.5 Å². The number of amides is 2. The van der Waals surface area contributed by atoms with Crippen molar-refractivity contribution in [2.24, 2.45) is 0 Å². The Bertz CT molecular complexity index is 466. The monoisotopic (exact) mass is 296 g/mol. The van der Waals surface area contributed by atoms with E-state index in [2.05, 4.69) is 5.32 Å². The maximum absolute atomic E-state index is 12.9. The van der Waals surface area contributed by atoms with E-state index in [1.165, 1.54) is 12.1 Å². The summed E-state index contributed by atoms with van der Waals surface area (Å²) < 4.78 is 18.3. The van der Waals surface area contributed by atoms with Crippen LogP contribution in [-0.4, -0.2) is 48.9 Å². The van der Waals surface area contributed by atoms with E-state index in [0.29, 0.717) is 13.1 Å². The molecule has 1 aromatic carbocycles. The van der Waals surface area contributed by atoms with Crippen molar-refractivity contribution in [3.8, 4) is 0 Å². The first kappa shape index (κ1) is 15.7. The Morgan fingerprint density at radius 3 is 2.86 bits per heavy atom. The average molecular weight is 296 g/mol. The number of halogens is 1. The van der Waals surface area contributed by atoms with Gasteiger partial charge in [0.25, 0.3) is 0 Å². The molecule has 1 aliphatic rings. The molecule has 0 saturated carbocycles. The van der Waals surface area contributed by atoms with E-state index in [-0.39, 0.29) is 30.6 Å². The van der Waals surface area contributed by atoms with E-state index >= 15 is 0 Å². The lowest BCUT2D eigenvalue weighted by molar-refractivity contribution is 0.0993. The number of aliphatic hydroxyl groups excluding tert-OH is 1. The third-order valence-corrected chi connectivity index (χ3v) is 3.81. The first-order valence-corrected chi connectivity index (χ1v) is 7.09. The molecule has 1 aliphatic heterocycles. The van der Waals surface area contributed by atoms with Gasteiger partial charge in [0.05, 0.1) is 18.8 Å². The Morgan fingerprint density at radius 1 is 1.52 bits per heavy atom. The Hall–Kier alpha value is -1.66. The largest absolute Gasteiger partial charge is 0.394 e. The Morgan fingerprint density at radius 2 is 2.24 bits per heavy atom. The van der Waals surface area contributed by atoms with Gasteiger partial charge in [-0.15, -0.1) is 0 Å². The van der Waals surface area contributed by atoms with Crippen LogP contribution in [0.25, 0.3) is 0 Å². The van der Waals surface area contributed by atoms with Crippen molar-refractivity contribution in [1.82, 2.24) is 10.2 Å². The molecule has 6 heteroatoms. The fourth-order valence-electron chi connectivity index (χ4n) is 2.59. The minimum Gasteiger partial charge on any atom is -0.394 e. The Labute approximate surface area is 123 Å². The average Bonchev–Trinajstić information content (AvgIpc) is 2.98. The molecule has 0 spiro atoms. The maximum Gasteiger partial charge on any atom is 0.317 e. The highest BCUT2D eigenvalue weighted by atomic mass is 19.1. The number of methoxy groups -OCH3 is 1. The van der Waals surface area contributed by atoms with E-state index in [4.69, 9.17) is 4.74 Å². The van der Waals surface area contributed by atoms with Crippen molar-refractivity contribution in [3.63, 3.8) is 0 Å². The number of carbonyl (C=O) groups excluding carboxylic acids is 1.